The number of hydrogen-bond acceptors (Lipinski definition) is 4. The predicted molar refractivity (Wildman–Crippen MR) is 105 cm³/mol. The fourth-order valence-electron chi connectivity index (χ4n) is 3.23. The average molecular weight is 363 g/mol. The highest BCUT2D eigenvalue weighted by Gasteiger charge is 2.18. The minimum absolute atomic E-state index is 0.0117. The molecule has 2 amide bonds. The molecule has 0 saturated heterocycles. The third-order valence-electron chi connectivity index (χ3n) is 4.54. The van der Waals surface area contributed by atoms with Crippen molar-refractivity contribution < 1.29 is 9.59 Å². The minimum Gasteiger partial charge on any atom is -0.380 e. The van der Waals surface area contributed by atoms with Gasteiger partial charge in [-0.05, 0) is 37.3 Å². The standard InChI is InChI=1S/C20H21N5O2/c1-12-10-19(26)25-16-7-6-13(11-17(16)22-12)20(27)21-9-8-18-23-14-4-2-3-5-15(14)24-18/h2-7,11-12,22H,8-10H2,1H3,(H,21,27)(H,23,24)(H,25,26). The van der Waals surface area contributed by atoms with Crippen LogP contribution in [0.5, 0.6) is 0 Å². The fraction of sp³-hybridized carbons (Fsp3) is 0.250. The van der Waals surface area contributed by atoms with E-state index in [4.69, 9.17) is 0 Å². The molecule has 3 aromatic rings. The van der Waals surface area contributed by atoms with E-state index in [0.717, 1.165) is 22.5 Å². The van der Waals surface area contributed by atoms with Crippen molar-refractivity contribution in [3.63, 3.8) is 0 Å². The number of benzene rings is 2. The van der Waals surface area contributed by atoms with Crippen LogP contribution in [0.4, 0.5) is 11.4 Å². The third kappa shape index (κ3) is 3.76. The van der Waals surface area contributed by atoms with E-state index < -0.39 is 0 Å². The highest BCUT2D eigenvalue weighted by Crippen LogP contribution is 2.27. The number of fused-ring (bicyclic) bond motifs is 2. The van der Waals surface area contributed by atoms with Gasteiger partial charge in [0.15, 0.2) is 0 Å². The molecule has 4 N–H and O–H groups in total. The van der Waals surface area contributed by atoms with Crippen LogP contribution in [0.15, 0.2) is 42.5 Å². The fourth-order valence-corrected chi connectivity index (χ4v) is 3.23. The molecule has 2 heterocycles. The van der Waals surface area contributed by atoms with Crippen LogP contribution < -0.4 is 16.0 Å². The molecule has 0 saturated carbocycles. The zero-order valence-electron chi connectivity index (χ0n) is 15.0. The van der Waals surface area contributed by atoms with E-state index in [2.05, 4.69) is 25.9 Å². The Balaban J connectivity index is 1.40. The zero-order valence-corrected chi connectivity index (χ0v) is 15.0. The number of amides is 2. The van der Waals surface area contributed by atoms with Gasteiger partial charge in [0.2, 0.25) is 5.91 Å². The van der Waals surface area contributed by atoms with Crippen LogP contribution in [0.2, 0.25) is 0 Å². The van der Waals surface area contributed by atoms with Crippen molar-refractivity contribution in [3.05, 3.63) is 53.9 Å². The third-order valence-corrected chi connectivity index (χ3v) is 4.54. The Morgan fingerprint density at radius 1 is 1.22 bits per heavy atom. The van der Waals surface area contributed by atoms with Crippen molar-refractivity contribution in [1.82, 2.24) is 15.3 Å². The van der Waals surface area contributed by atoms with Gasteiger partial charge < -0.3 is 20.9 Å². The molecule has 0 bridgehead atoms. The molecule has 138 valence electrons. The first-order valence-electron chi connectivity index (χ1n) is 9.01. The summed E-state index contributed by atoms with van der Waals surface area (Å²) in [6.07, 6.45) is 1.02. The number of H-pyrrole nitrogens is 1. The maximum Gasteiger partial charge on any atom is 0.251 e. The van der Waals surface area contributed by atoms with Crippen LogP contribution in [0.3, 0.4) is 0 Å². The molecular weight excluding hydrogens is 342 g/mol. The number of anilines is 2. The second kappa shape index (κ2) is 7.11. The van der Waals surface area contributed by atoms with Gasteiger partial charge in [0.1, 0.15) is 5.82 Å². The van der Waals surface area contributed by atoms with Crippen LogP contribution in [0.25, 0.3) is 11.0 Å². The lowest BCUT2D eigenvalue weighted by Crippen LogP contribution is -2.26. The molecule has 2 aromatic carbocycles. The number of rotatable bonds is 4. The van der Waals surface area contributed by atoms with E-state index in [-0.39, 0.29) is 17.9 Å². The summed E-state index contributed by atoms with van der Waals surface area (Å²) in [5.41, 5.74) is 3.93. The Morgan fingerprint density at radius 3 is 2.93 bits per heavy atom. The van der Waals surface area contributed by atoms with Crippen molar-refractivity contribution in [3.8, 4) is 0 Å². The highest BCUT2D eigenvalue weighted by molar-refractivity contribution is 6.00. The SMILES string of the molecule is CC1CC(=O)Nc2ccc(C(=O)NCCc3nc4ccccc4[nH]3)cc2N1. The summed E-state index contributed by atoms with van der Waals surface area (Å²) in [4.78, 5) is 32.0. The average Bonchev–Trinajstić information content (AvgIpc) is 2.98. The van der Waals surface area contributed by atoms with Crippen LogP contribution in [-0.2, 0) is 11.2 Å². The maximum absolute atomic E-state index is 12.5. The smallest absolute Gasteiger partial charge is 0.251 e. The van der Waals surface area contributed by atoms with E-state index >= 15 is 0 Å². The molecule has 4 rings (SSSR count). The van der Waals surface area contributed by atoms with E-state index in [1.807, 2.05) is 31.2 Å². The van der Waals surface area contributed by atoms with Crippen molar-refractivity contribution in [1.29, 1.82) is 0 Å². The first-order valence-corrected chi connectivity index (χ1v) is 9.01. The summed E-state index contributed by atoms with van der Waals surface area (Å²) < 4.78 is 0. The second-order valence-electron chi connectivity index (χ2n) is 6.76. The van der Waals surface area contributed by atoms with Crippen molar-refractivity contribution >= 4 is 34.2 Å². The van der Waals surface area contributed by atoms with Gasteiger partial charge in [-0.1, -0.05) is 12.1 Å². The maximum atomic E-state index is 12.5. The van der Waals surface area contributed by atoms with Crippen molar-refractivity contribution in [2.24, 2.45) is 0 Å². The highest BCUT2D eigenvalue weighted by atomic mass is 16.2. The summed E-state index contributed by atoms with van der Waals surface area (Å²) in [6.45, 7) is 2.42. The van der Waals surface area contributed by atoms with Gasteiger partial charge in [0.25, 0.3) is 5.91 Å². The molecule has 1 atom stereocenters. The summed E-state index contributed by atoms with van der Waals surface area (Å²) in [5, 5.41) is 9.04. The van der Waals surface area contributed by atoms with Gasteiger partial charge in [-0.3, -0.25) is 9.59 Å². The number of carbonyl (C=O) groups excluding carboxylic acids is 2. The first kappa shape index (κ1) is 17.1. The molecule has 1 aliphatic rings. The number of aromatic nitrogens is 2. The van der Waals surface area contributed by atoms with E-state index in [1.165, 1.54) is 0 Å². The van der Waals surface area contributed by atoms with E-state index in [1.54, 1.807) is 18.2 Å². The van der Waals surface area contributed by atoms with Gasteiger partial charge in [0, 0.05) is 31.0 Å². The molecule has 1 aliphatic heterocycles. The normalized spacial score (nSPS) is 16.2. The lowest BCUT2D eigenvalue weighted by molar-refractivity contribution is -0.116. The molecule has 0 aliphatic carbocycles. The summed E-state index contributed by atoms with van der Waals surface area (Å²) in [6, 6.07) is 13.1. The Morgan fingerprint density at radius 2 is 2.07 bits per heavy atom. The topological polar surface area (TPSA) is 98.9 Å². The summed E-state index contributed by atoms with van der Waals surface area (Å²) in [7, 11) is 0. The lowest BCUT2D eigenvalue weighted by Gasteiger charge is -2.13. The molecule has 0 fully saturated rings. The molecule has 7 nitrogen and oxygen atoms in total. The number of carbonyl (C=O) groups is 2. The first-order chi connectivity index (χ1) is 13.1. The number of para-hydroxylation sites is 2. The number of imidazole rings is 1. The molecule has 0 radical (unpaired) electrons. The van der Waals surface area contributed by atoms with Crippen LogP contribution in [0, 0.1) is 0 Å². The summed E-state index contributed by atoms with van der Waals surface area (Å²) >= 11 is 0. The zero-order chi connectivity index (χ0) is 18.8. The predicted octanol–water partition coefficient (Wildman–Crippen LogP) is 2.68. The Hall–Kier alpha value is -3.35. The van der Waals surface area contributed by atoms with Gasteiger partial charge in [-0.15, -0.1) is 0 Å². The molecular formula is C20H21N5O2. The van der Waals surface area contributed by atoms with Gasteiger partial charge in [-0.2, -0.15) is 0 Å². The number of nitrogens with one attached hydrogen (secondary N) is 4. The molecule has 27 heavy (non-hydrogen) atoms. The monoisotopic (exact) mass is 363 g/mol. The number of nitrogens with zero attached hydrogens (tertiary/aromatic N) is 1. The van der Waals surface area contributed by atoms with Crippen LogP contribution in [-0.4, -0.2) is 34.4 Å². The Labute approximate surface area is 156 Å². The van der Waals surface area contributed by atoms with Crippen molar-refractivity contribution in [2.75, 3.05) is 17.2 Å². The Bertz CT molecular complexity index is 978. The van der Waals surface area contributed by atoms with Crippen LogP contribution in [0.1, 0.15) is 29.5 Å². The van der Waals surface area contributed by atoms with Gasteiger partial charge in [-0.25, -0.2) is 4.98 Å². The lowest BCUT2D eigenvalue weighted by atomic mass is 10.1. The molecule has 1 aromatic heterocycles. The van der Waals surface area contributed by atoms with E-state index in [0.29, 0.717) is 30.6 Å². The largest absolute Gasteiger partial charge is 0.380 e. The summed E-state index contributed by atoms with van der Waals surface area (Å²) in [5.74, 6) is 0.660. The molecule has 0 spiro atoms. The second-order valence-corrected chi connectivity index (χ2v) is 6.76. The van der Waals surface area contributed by atoms with E-state index in [9.17, 15) is 9.59 Å². The Kier molecular flexibility index (Phi) is 4.50. The van der Waals surface area contributed by atoms with Crippen LogP contribution >= 0.6 is 0 Å². The number of aromatic amines is 1. The van der Waals surface area contributed by atoms with Gasteiger partial charge >= 0.3 is 0 Å². The molecule has 7 heteroatoms. The quantitative estimate of drug-likeness (QED) is 0.573. The minimum atomic E-state index is -0.154. The molecule has 1 unspecified atom stereocenters. The van der Waals surface area contributed by atoms with Gasteiger partial charge in [0.05, 0.1) is 22.4 Å². The number of hydrogen-bond donors (Lipinski definition) is 4. The van der Waals surface area contributed by atoms with Crippen molar-refractivity contribution in [2.45, 2.75) is 25.8 Å².